The Morgan fingerprint density at radius 2 is 1.83 bits per heavy atom. The SMILES string of the molecule is CC1C=C(c2ccc(Nc3cccc4c3CCC=C4)cc2)C=CC1. The Kier molecular flexibility index (Phi) is 4.08. The van der Waals surface area contributed by atoms with E-state index < -0.39 is 0 Å². The fraction of sp³-hybridized carbons (Fsp3) is 0.217. The number of allylic oxidation sites excluding steroid dienone is 5. The van der Waals surface area contributed by atoms with Gasteiger partial charge in [-0.05, 0) is 65.6 Å². The van der Waals surface area contributed by atoms with Crippen LogP contribution in [0, 0.1) is 5.92 Å². The minimum atomic E-state index is 0.631. The Hall–Kier alpha value is -2.54. The van der Waals surface area contributed by atoms with Crippen LogP contribution in [0.4, 0.5) is 11.4 Å². The number of hydrogen-bond acceptors (Lipinski definition) is 1. The van der Waals surface area contributed by atoms with Gasteiger partial charge in [-0.3, -0.25) is 0 Å². The van der Waals surface area contributed by atoms with Crippen LogP contribution in [0.5, 0.6) is 0 Å². The molecule has 0 bridgehead atoms. The number of anilines is 2. The molecule has 2 aromatic rings. The van der Waals surface area contributed by atoms with Crippen molar-refractivity contribution in [3.63, 3.8) is 0 Å². The molecule has 0 saturated heterocycles. The summed E-state index contributed by atoms with van der Waals surface area (Å²) in [6, 6.07) is 15.3. The lowest BCUT2D eigenvalue weighted by molar-refractivity contribution is 0.740. The van der Waals surface area contributed by atoms with E-state index in [9.17, 15) is 0 Å². The number of nitrogens with one attached hydrogen (secondary N) is 1. The van der Waals surface area contributed by atoms with Gasteiger partial charge in [0.15, 0.2) is 0 Å². The zero-order valence-corrected chi connectivity index (χ0v) is 14.1. The standard InChI is InChI=1S/C23H23N/c1-17-6-4-9-20(16-17)18-12-14-21(15-13-18)24-23-11-5-8-19-7-2-3-10-22(19)23/h2,4-5,7-9,11-17,24H,3,6,10H2,1H3. The van der Waals surface area contributed by atoms with E-state index in [0.29, 0.717) is 5.92 Å². The molecular weight excluding hydrogens is 290 g/mol. The van der Waals surface area contributed by atoms with Crippen molar-refractivity contribution in [2.45, 2.75) is 26.2 Å². The Balaban J connectivity index is 1.57. The molecule has 2 aliphatic rings. The molecule has 1 atom stereocenters. The van der Waals surface area contributed by atoms with E-state index in [1.54, 1.807) is 0 Å². The van der Waals surface area contributed by atoms with Crippen LogP contribution in [0.1, 0.15) is 36.5 Å². The summed E-state index contributed by atoms with van der Waals surface area (Å²) in [5, 5.41) is 3.60. The summed E-state index contributed by atoms with van der Waals surface area (Å²) in [6.07, 6.45) is 14.8. The molecule has 1 unspecified atom stereocenters. The molecule has 2 aliphatic carbocycles. The number of benzene rings is 2. The van der Waals surface area contributed by atoms with Crippen LogP contribution in [-0.4, -0.2) is 0 Å². The van der Waals surface area contributed by atoms with Crippen molar-refractivity contribution >= 4 is 23.0 Å². The van der Waals surface area contributed by atoms with E-state index in [-0.39, 0.29) is 0 Å². The van der Waals surface area contributed by atoms with Crippen molar-refractivity contribution in [3.05, 3.63) is 83.5 Å². The Morgan fingerprint density at radius 1 is 0.958 bits per heavy atom. The number of rotatable bonds is 3. The molecular formula is C23H23N. The molecule has 0 amide bonds. The smallest absolute Gasteiger partial charge is 0.0422 e. The van der Waals surface area contributed by atoms with Crippen LogP contribution in [0.3, 0.4) is 0 Å². The third-order valence-corrected chi connectivity index (χ3v) is 4.84. The second kappa shape index (κ2) is 6.52. The van der Waals surface area contributed by atoms with E-state index in [4.69, 9.17) is 0 Å². The molecule has 0 heterocycles. The first-order chi connectivity index (χ1) is 11.8. The highest BCUT2D eigenvalue weighted by molar-refractivity contribution is 5.77. The van der Waals surface area contributed by atoms with E-state index in [0.717, 1.165) is 24.9 Å². The molecule has 1 N–H and O–H groups in total. The summed E-state index contributed by atoms with van der Waals surface area (Å²) in [5.74, 6) is 0.631. The average molecular weight is 313 g/mol. The van der Waals surface area contributed by atoms with Gasteiger partial charge in [-0.2, -0.15) is 0 Å². The third kappa shape index (κ3) is 3.07. The average Bonchev–Trinajstić information content (AvgIpc) is 2.63. The van der Waals surface area contributed by atoms with Gasteiger partial charge in [-0.15, -0.1) is 0 Å². The van der Waals surface area contributed by atoms with Gasteiger partial charge in [0, 0.05) is 11.4 Å². The summed E-state index contributed by atoms with van der Waals surface area (Å²) in [6.45, 7) is 2.27. The van der Waals surface area contributed by atoms with Gasteiger partial charge in [0.2, 0.25) is 0 Å². The van der Waals surface area contributed by atoms with Crippen LogP contribution in [0.15, 0.2) is 66.8 Å². The fourth-order valence-corrected chi connectivity index (χ4v) is 3.53. The van der Waals surface area contributed by atoms with E-state index in [2.05, 4.69) is 85.1 Å². The van der Waals surface area contributed by atoms with Crippen LogP contribution in [-0.2, 0) is 6.42 Å². The summed E-state index contributed by atoms with van der Waals surface area (Å²) in [4.78, 5) is 0. The molecule has 0 aromatic heterocycles. The first kappa shape index (κ1) is 15.0. The first-order valence-electron chi connectivity index (χ1n) is 8.84. The Bertz CT molecular complexity index is 822. The maximum atomic E-state index is 3.60. The Morgan fingerprint density at radius 3 is 2.67 bits per heavy atom. The maximum Gasteiger partial charge on any atom is 0.0422 e. The summed E-state index contributed by atoms with van der Waals surface area (Å²) < 4.78 is 0. The van der Waals surface area contributed by atoms with Gasteiger partial charge in [-0.1, -0.05) is 61.6 Å². The second-order valence-corrected chi connectivity index (χ2v) is 6.75. The van der Waals surface area contributed by atoms with Gasteiger partial charge in [-0.25, -0.2) is 0 Å². The van der Waals surface area contributed by atoms with Gasteiger partial charge in [0.25, 0.3) is 0 Å². The van der Waals surface area contributed by atoms with E-state index >= 15 is 0 Å². The van der Waals surface area contributed by atoms with E-state index in [1.807, 2.05) is 0 Å². The quantitative estimate of drug-likeness (QED) is 0.694. The lowest BCUT2D eigenvalue weighted by Gasteiger charge is -2.17. The number of fused-ring (bicyclic) bond motifs is 1. The van der Waals surface area contributed by atoms with Crippen molar-refractivity contribution in [3.8, 4) is 0 Å². The molecule has 1 nitrogen and oxygen atoms in total. The monoisotopic (exact) mass is 313 g/mol. The molecule has 0 radical (unpaired) electrons. The zero-order chi connectivity index (χ0) is 16.4. The van der Waals surface area contributed by atoms with Gasteiger partial charge < -0.3 is 5.32 Å². The number of hydrogen-bond donors (Lipinski definition) is 1. The molecule has 0 saturated carbocycles. The highest BCUT2D eigenvalue weighted by Gasteiger charge is 2.10. The summed E-state index contributed by atoms with van der Waals surface area (Å²) in [7, 11) is 0. The molecule has 0 fully saturated rings. The van der Waals surface area contributed by atoms with E-state index in [1.165, 1.54) is 28.0 Å². The van der Waals surface area contributed by atoms with Crippen molar-refractivity contribution in [2.24, 2.45) is 5.92 Å². The molecule has 24 heavy (non-hydrogen) atoms. The molecule has 4 rings (SSSR count). The van der Waals surface area contributed by atoms with Crippen molar-refractivity contribution in [1.29, 1.82) is 0 Å². The second-order valence-electron chi connectivity index (χ2n) is 6.75. The van der Waals surface area contributed by atoms with Crippen LogP contribution < -0.4 is 5.32 Å². The van der Waals surface area contributed by atoms with Crippen LogP contribution in [0.2, 0.25) is 0 Å². The molecule has 120 valence electrons. The van der Waals surface area contributed by atoms with Gasteiger partial charge >= 0.3 is 0 Å². The third-order valence-electron chi connectivity index (χ3n) is 4.84. The molecule has 0 aliphatic heterocycles. The molecule has 2 aromatic carbocycles. The van der Waals surface area contributed by atoms with Crippen LogP contribution >= 0.6 is 0 Å². The molecule has 0 spiro atoms. The maximum absolute atomic E-state index is 3.60. The van der Waals surface area contributed by atoms with Crippen molar-refractivity contribution < 1.29 is 0 Å². The highest BCUT2D eigenvalue weighted by Crippen LogP contribution is 2.30. The lowest BCUT2D eigenvalue weighted by Crippen LogP contribution is -2.01. The normalized spacial score (nSPS) is 18.9. The topological polar surface area (TPSA) is 12.0 Å². The Labute approximate surface area is 144 Å². The van der Waals surface area contributed by atoms with Crippen molar-refractivity contribution in [2.75, 3.05) is 5.32 Å². The summed E-state index contributed by atoms with van der Waals surface area (Å²) >= 11 is 0. The zero-order valence-electron chi connectivity index (χ0n) is 14.1. The first-order valence-corrected chi connectivity index (χ1v) is 8.84. The lowest BCUT2D eigenvalue weighted by atomic mass is 9.93. The predicted octanol–water partition coefficient (Wildman–Crippen LogP) is 6.37. The summed E-state index contributed by atoms with van der Waals surface area (Å²) in [5.41, 5.74) is 7.78. The minimum Gasteiger partial charge on any atom is -0.355 e. The van der Waals surface area contributed by atoms with Gasteiger partial charge in [0.05, 0.1) is 0 Å². The largest absolute Gasteiger partial charge is 0.355 e. The minimum absolute atomic E-state index is 0.631. The predicted molar refractivity (Wildman–Crippen MR) is 104 cm³/mol. The fourth-order valence-electron chi connectivity index (χ4n) is 3.53. The highest BCUT2D eigenvalue weighted by atomic mass is 14.9. The van der Waals surface area contributed by atoms with Crippen molar-refractivity contribution in [1.82, 2.24) is 0 Å². The molecule has 1 heteroatoms. The van der Waals surface area contributed by atoms with Gasteiger partial charge in [0.1, 0.15) is 0 Å². The van der Waals surface area contributed by atoms with Crippen LogP contribution in [0.25, 0.3) is 11.6 Å².